The molecule has 0 heterocycles. The number of ether oxygens (including phenoxy) is 2. The molecule has 2 atom stereocenters. The number of allylic oxidation sites excluding steroid dienone is 4. The Kier molecular flexibility index (Phi) is 29.6. The van der Waals surface area contributed by atoms with E-state index in [0.717, 1.165) is 83.5 Å². The molecule has 0 aromatic carbocycles. The van der Waals surface area contributed by atoms with Gasteiger partial charge in [0.1, 0.15) is 19.8 Å². The Balaban J connectivity index is 4.49. The molecule has 0 aliphatic rings. The van der Waals surface area contributed by atoms with Gasteiger partial charge in [-0.1, -0.05) is 102 Å². The van der Waals surface area contributed by atoms with Crippen molar-refractivity contribution in [3.05, 3.63) is 24.3 Å². The molecule has 0 aromatic heterocycles. The van der Waals surface area contributed by atoms with Gasteiger partial charge in [0.2, 0.25) is 0 Å². The maximum atomic E-state index is 12.6. The number of hydrogen-bond donors (Lipinski definition) is 0. The first kappa shape index (κ1) is 45.5. The number of phosphoric ester groups is 1. The molecule has 9 nitrogen and oxygen atoms in total. The second-order valence-electron chi connectivity index (χ2n) is 13.6. The number of nitrogens with zero attached hydrogens (tertiary/aromatic N) is 1. The van der Waals surface area contributed by atoms with E-state index < -0.39 is 32.5 Å². The molecule has 276 valence electrons. The molecule has 0 aliphatic heterocycles. The van der Waals surface area contributed by atoms with Gasteiger partial charge in [-0.05, 0) is 57.8 Å². The first-order chi connectivity index (χ1) is 22.5. The SMILES string of the molecule is CCCC/C=C/CCCCCCCC(=O)OC[C@H](COP(=O)([O-])OCC[N+](C)(C)C)OC(=O)CCCCCCC/C=C/CCCCC. The van der Waals surface area contributed by atoms with Gasteiger partial charge in [0.05, 0.1) is 27.7 Å². The zero-order valence-electron chi connectivity index (χ0n) is 30.7. The van der Waals surface area contributed by atoms with Crippen molar-refractivity contribution in [2.24, 2.45) is 0 Å². The zero-order chi connectivity index (χ0) is 35.1. The van der Waals surface area contributed by atoms with Crippen LogP contribution in [0.25, 0.3) is 0 Å². The average Bonchev–Trinajstić information content (AvgIpc) is 3.01. The number of phosphoric acid groups is 1. The van der Waals surface area contributed by atoms with Crippen LogP contribution in [0.2, 0.25) is 0 Å². The van der Waals surface area contributed by atoms with Crippen LogP contribution in [0.15, 0.2) is 24.3 Å². The van der Waals surface area contributed by atoms with Crippen LogP contribution >= 0.6 is 7.82 Å². The summed E-state index contributed by atoms with van der Waals surface area (Å²) < 4.78 is 33.7. The Labute approximate surface area is 288 Å². The minimum Gasteiger partial charge on any atom is -0.756 e. The first-order valence-corrected chi connectivity index (χ1v) is 20.0. The van der Waals surface area contributed by atoms with Crippen molar-refractivity contribution in [3.63, 3.8) is 0 Å². The van der Waals surface area contributed by atoms with E-state index in [1.165, 1.54) is 32.1 Å². The van der Waals surface area contributed by atoms with Crippen molar-refractivity contribution in [2.75, 3.05) is 47.5 Å². The molecular weight excluding hydrogens is 617 g/mol. The van der Waals surface area contributed by atoms with Crippen LogP contribution in [-0.4, -0.2) is 70.0 Å². The predicted octanol–water partition coefficient (Wildman–Crippen LogP) is 8.99. The van der Waals surface area contributed by atoms with E-state index in [1.807, 2.05) is 21.1 Å². The molecule has 0 N–H and O–H groups in total. The molecule has 10 heteroatoms. The molecule has 0 bridgehead atoms. The van der Waals surface area contributed by atoms with E-state index in [1.54, 1.807) is 0 Å². The van der Waals surface area contributed by atoms with Gasteiger partial charge in [-0.3, -0.25) is 14.2 Å². The molecule has 0 saturated carbocycles. The van der Waals surface area contributed by atoms with Gasteiger partial charge in [-0.15, -0.1) is 0 Å². The number of likely N-dealkylation sites (N-methyl/N-ethyl adjacent to an activating group) is 1. The maximum Gasteiger partial charge on any atom is 0.306 e. The molecule has 0 spiro atoms. The highest BCUT2D eigenvalue weighted by Crippen LogP contribution is 2.38. The van der Waals surface area contributed by atoms with Crippen LogP contribution in [0.5, 0.6) is 0 Å². The molecule has 0 radical (unpaired) electrons. The summed E-state index contributed by atoms with van der Waals surface area (Å²) in [7, 11) is 1.15. The third kappa shape index (κ3) is 34.2. The van der Waals surface area contributed by atoms with Crippen molar-refractivity contribution in [3.8, 4) is 0 Å². The number of carbonyl (C=O) groups is 2. The van der Waals surface area contributed by atoms with Crippen LogP contribution in [0, 0.1) is 0 Å². The quantitative estimate of drug-likeness (QED) is 0.0221. The van der Waals surface area contributed by atoms with Crippen LogP contribution in [0.1, 0.15) is 149 Å². The molecule has 0 aromatic rings. The van der Waals surface area contributed by atoms with Gasteiger partial charge < -0.3 is 27.9 Å². The summed E-state index contributed by atoms with van der Waals surface area (Å²) in [6, 6.07) is 0. The van der Waals surface area contributed by atoms with Gasteiger partial charge >= 0.3 is 11.9 Å². The molecule has 47 heavy (non-hydrogen) atoms. The summed E-state index contributed by atoms with van der Waals surface area (Å²) >= 11 is 0. The van der Waals surface area contributed by atoms with Crippen molar-refractivity contribution in [1.82, 2.24) is 0 Å². The zero-order valence-corrected chi connectivity index (χ0v) is 31.6. The Morgan fingerprint density at radius 2 is 1.11 bits per heavy atom. The van der Waals surface area contributed by atoms with Gasteiger partial charge in [0.15, 0.2) is 6.10 Å². The number of rotatable bonds is 33. The second-order valence-corrected chi connectivity index (χ2v) is 15.0. The lowest BCUT2D eigenvalue weighted by molar-refractivity contribution is -0.870. The van der Waals surface area contributed by atoms with Gasteiger partial charge in [-0.25, -0.2) is 0 Å². The molecule has 1 unspecified atom stereocenters. The third-order valence-electron chi connectivity index (χ3n) is 7.69. The Hall–Kier alpha value is -1.51. The standard InChI is InChI=1S/C37H70NO8P/c1-6-8-10-12-14-16-18-20-22-24-26-28-30-37(40)46-35(34-45-47(41,42)44-32-31-38(3,4)5)33-43-36(39)29-27-25-23-21-19-17-15-13-11-9-7-2/h13-16,35H,6-12,17-34H2,1-5H3/b15-13+,16-14+/t35-/m1/s1. The normalized spacial score (nSPS) is 14.1. The van der Waals surface area contributed by atoms with Gasteiger partial charge in [-0.2, -0.15) is 0 Å². The Morgan fingerprint density at radius 3 is 1.64 bits per heavy atom. The largest absolute Gasteiger partial charge is 0.756 e. The van der Waals surface area contributed by atoms with E-state index in [2.05, 4.69) is 38.2 Å². The third-order valence-corrected chi connectivity index (χ3v) is 8.66. The fraction of sp³-hybridized carbons (Fsp3) is 0.838. The first-order valence-electron chi connectivity index (χ1n) is 18.5. The highest BCUT2D eigenvalue weighted by atomic mass is 31.2. The Bertz CT molecular complexity index is 871. The number of quaternary nitrogens is 1. The minimum atomic E-state index is -4.61. The summed E-state index contributed by atoms with van der Waals surface area (Å²) in [6.07, 6.45) is 29.2. The summed E-state index contributed by atoms with van der Waals surface area (Å²) in [5.41, 5.74) is 0. The summed E-state index contributed by atoms with van der Waals surface area (Å²) in [5, 5.41) is 0. The second kappa shape index (κ2) is 30.5. The molecule has 0 aliphatic carbocycles. The summed E-state index contributed by atoms with van der Waals surface area (Å²) in [4.78, 5) is 37.2. The monoisotopic (exact) mass is 687 g/mol. The molecule has 0 saturated heterocycles. The van der Waals surface area contributed by atoms with Crippen molar-refractivity contribution < 1.29 is 42.1 Å². The number of carbonyl (C=O) groups excluding carboxylic acids is 2. The number of esters is 2. The summed E-state index contributed by atoms with van der Waals surface area (Å²) in [6.45, 7) is 4.12. The van der Waals surface area contributed by atoms with Gasteiger partial charge in [0.25, 0.3) is 7.82 Å². The predicted molar refractivity (Wildman–Crippen MR) is 190 cm³/mol. The number of unbranched alkanes of at least 4 members (excludes halogenated alkanes) is 15. The van der Waals surface area contributed by atoms with E-state index in [9.17, 15) is 19.0 Å². The molecule has 0 amide bonds. The average molecular weight is 688 g/mol. The van der Waals surface area contributed by atoms with Crippen molar-refractivity contribution in [2.45, 2.75) is 155 Å². The fourth-order valence-corrected chi connectivity index (χ4v) is 5.42. The number of hydrogen-bond acceptors (Lipinski definition) is 8. The Morgan fingerprint density at radius 1 is 0.638 bits per heavy atom. The van der Waals surface area contributed by atoms with Gasteiger partial charge in [0, 0.05) is 12.8 Å². The van der Waals surface area contributed by atoms with Crippen LogP contribution in [0.4, 0.5) is 0 Å². The molecule has 0 fully saturated rings. The topological polar surface area (TPSA) is 111 Å². The summed E-state index contributed by atoms with van der Waals surface area (Å²) in [5.74, 6) is -0.859. The highest BCUT2D eigenvalue weighted by molar-refractivity contribution is 7.45. The molecular formula is C37H70NO8P. The maximum absolute atomic E-state index is 12.6. The minimum absolute atomic E-state index is 0.0331. The lowest BCUT2D eigenvalue weighted by atomic mass is 10.1. The lowest BCUT2D eigenvalue weighted by Crippen LogP contribution is -2.37. The molecule has 0 rings (SSSR count). The fourth-order valence-electron chi connectivity index (χ4n) is 4.69. The van der Waals surface area contributed by atoms with E-state index in [-0.39, 0.29) is 26.1 Å². The van der Waals surface area contributed by atoms with Crippen LogP contribution < -0.4 is 4.89 Å². The smallest absolute Gasteiger partial charge is 0.306 e. The van der Waals surface area contributed by atoms with Crippen LogP contribution in [-0.2, 0) is 32.7 Å². The lowest BCUT2D eigenvalue weighted by Gasteiger charge is -2.28. The van der Waals surface area contributed by atoms with E-state index in [0.29, 0.717) is 17.4 Å². The van der Waals surface area contributed by atoms with E-state index in [4.69, 9.17) is 18.5 Å². The van der Waals surface area contributed by atoms with Crippen molar-refractivity contribution in [1.29, 1.82) is 0 Å². The van der Waals surface area contributed by atoms with Crippen molar-refractivity contribution >= 4 is 19.8 Å². The van der Waals surface area contributed by atoms with E-state index >= 15 is 0 Å². The highest BCUT2D eigenvalue weighted by Gasteiger charge is 2.21. The van der Waals surface area contributed by atoms with Crippen LogP contribution in [0.3, 0.4) is 0 Å².